The van der Waals surface area contributed by atoms with E-state index in [1.54, 1.807) is 36.2 Å². The van der Waals surface area contributed by atoms with E-state index >= 15 is 0 Å². The number of nitrogens with one attached hydrogen (secondary N) is 2. The summed E-state index contributed by atoms with van der Waals surface area (Å²) in [4.78, 5) is 41.7. The predicted octanol–water partition coefficient (Wildman–Crippen LogP) is 13.3. The molecule has 0 radical (unpaired) electrons. The first-order chi connectivity index (χ1) is 31.9. The molecule has 0 aliphatic rings. The van der Waals surface area contributed by atoms with Crippen LogP contribution in [0.5, 0.6) is 0 Å². The summed E-state index contributed by atoms with van der Waals surface area (Å²) in [6.07, 6.45) is 5.09. The minimum atomic E-state index is 0.285. The summed E-state index contributed by atoms with van der Waals surface area (Å²) in [7, 11) is 8.20. The Hall–Kier alpha value is -7.09. The minimum absolute atomic E-state index is 0.285. The highest BCUT2D eigenvalue weighted by Crippen LogP contribution is 2.41. The SMILES string of the molecule is CC(C)c1ccc2c(Nc3cc(-c4ccc(-c5ccc(Sc6ccc(N(C)C)cc6)c(Nc6ncnc7nc(C(C)C)ccc67)c5)nc4)ccc3Sc3ccc(N(C)C)cc3)ncnc2n1. The normalized spacial score (nSPS) is 11.4. The van der Waals surface area contributed by atoms with Gasteiger partial charge in [0.15, 0.2) is 11.3 Å². The van der Waals surface area contributed by atoms with Gasteiger partial charge in [0.1, 0.15) is 24.3 Å². The highest BCUT2D eigenvalue weighted by Gasteiger charge is 2.16. The summed E-state index contributed by atoms with van der Waals surface area (Å²) in [6.45, 7) is 8.54. The van der Waals surface area contributed by atoms with Gasteiger partial charge in [-0.05, 0) is 121 Å². The van der Waals surface area contributed by atoms with Crippen molar-refractivity contribution in [2.45, 2.75) is 59.1 Å². The van der Waals surface area contributed by atoms with Crippen LogP contribution in [0.2, 0.25) is 0 Å². The van der Waals surface area contributed by atoms with Crippen molar-refractivity contribution in [2.75, 3.05) is 48.6 Å². The van der Waals surface area contributed by atoms with Crippen LogP contribution in [0.1, 0.15) is 50.9 Å². The average molecular weight is 906 g/mol. The molecule has 11 nitrogen and oxygen atoms in total. The fourth-order valence-electron chi connectivity index (χ4n) is 7.40. The largest absolute Gasteiger partial charge is 0.378 e. The number of pyridine rings is 3. The number of hydrogen-bond donors (Lipinski definition) is 2. The lowest BCUT2D eigenvalue weighted by Gasteiger charge is -2.16. The van der Waals surface area contributed by atoms with E-state index in [1.165, 1.54) is 0 Å². The van der Waals surface area contributed by atoms with Crippen LogP contribution in [0, 0.1) is 0 Å². The lowest BCUT2D eigenvalue weighted by atomic mass is 10.0. The highest BCUT2D eigenvalue weighted by atomic mass is 32.2. The lowest BCUT2D eigenvalue weighted by Crippen LogP contribution is -2.07. The molecule has 0 spiro atoms. The molecule has 330 valence electrons. The number of rotatable bonds is 14. The van der Waals surface area contributed by atoms with Gasteiger partial charge >= 0.3 is 0 Å². The number of benzene rings is 4. The smallest absolute Gasteiger partial charge is 0.164 e. The summed E-state index contributed by atoms with van der Waals surface area (Å²) >= 11 is 3.39. The van der Waals surface area contributed by atoms with Gasteiger partial charge in [-0.2, -0.15) is 0 Å². The molecule has 0 amide bonds. The van der Waals surface area contributed by atoms with E-state index in [2.05, 4.69) is 213 Å². The van der Waals surface area contributed by atoms with Gasteiger partial charge in [0, 0.05) is 87.9 Å². The molecule has 0 aliphatic heterocycles. The second-order valence-corrected chi connectivity index (χ2v) is 19.3. The zero-order chi connectivity index (χ0) is 45.9. The van der Waals surface area contributed by atoms with Crippen molar-refractivity contribution in [3.05, 3.63) is 152 Å². The van der Waals surface area contributed by atoms with E-state index in [0.717, 1.165) is 86.9 Å². The summed E-state index contributed by atoms with van der Waals surface area (Å²) in [5.41, 5.74) is 11.2. The molecule has 0 saturated carbocycles. The number of aromatic nitrogens is 7. The minimum Gasteiger partial charge on any atom is -0.378 e. The molecular formula is C53H51N11S2. The molecule has 0 fully saturated rings. The van der Waals surface area contributed by atoms with E-state index in [0.29, 0.717) is 22.9 Å². The fourth-order valence-corrected chi connectivity index (χ4v) is 9.16. The molecular weight excluding hydrogens is 855 g/mol. The van der Waals surface area contributed by atoms with Crippen LogP contribution in [-0.2, 0) is 0 Å². The van der Waals surface area contributed by atoms with Crippen LogP contribution in [0.15, 0.2) is 160 Å². The molecule has 0 saturated heterocycles. The maximum atomic E-state index is 5.05. The average Bonchev–Trinajstić information content (AvgIpc) is 3.32. The van der Waals surface area contributed by atoms with Gasteiger partial charge in [0.2, 0.25) is 0 Å². The second-order valence-electron chi connectivity index (χ2n) is 17.1. The lowest BCUT2D eigenvalue weighted by molar-refractivity contribution is 0.827. The van der Waals surface area contributed by atoms with E-state index in [-0.39, 0.29) is 11.8 Å². The van der Waals surface area contributed by atoms with Crippen LogP contribution >= 0.6 is 23.5 Å². The van der Waals surface area contributed by atoms with Crippen molar-refractivity contribution in [3.63, 3.8) is 0 Å². The molecule has 2 N–H and O–H groups in total. The van der Waals surface area contributed by atoms with Gasteiger partial charge in [0.25, 0.3) is 0 Å². The number of nitrogens with zero attached hydrogens (tertiary/aromatic N) is 9. The van der Waals surface area contributed by atoms with Crippen molar-refractivity contribution < 1.29 is 0 Å². The standard InChI is InChI=1S/C53H51N11S2/c1-32(2)43-23-20-41-50(59-43)55-30-57-52(41)61-46-27-34(10-25-48(46)65-39-16-12-37(13-17-39)63(5)6)36-9-22-45(54-29-36)35-11-26-49(66-40-18-14-38(15-19-40)64(7)8)47(28-35)62-53-42-21-24-44(33(3)4)60-51(42)56-31-58-53/h9-33H,1-8H3,(H,55,57,59,61)(H,56,58,60,62). The second kappa shape index (κ2) is 19.2. The zero-order valence-corrected chi connectivity index (χ0v) is 39.9. The van der Waals surface area contributed by atoms with Gasteiger partial charge in [-0.15, -0.1) is 0 Å². The molecule has 4 aromatic carbocycles. The van der Waals surface area contributed by atoms with Crippen molar-refractivity contribution >= 4 is 80.0 Å². The van der Waals surface area contributed by atoms with Crippen LogP contribution in [0.25, 0.3) is 44.5 Å². The first-order valence-electron chi connectivity index (χ1n) is 21.9. The van der Waals surface area contributed by atoms with Gasteiger partial charge in [0.05, 0.1) is 27.8 Å². The van der Waals surface area contributed by atoms with E-state index in [9.17, 15) is 0 Å². The third-order valence-corrected chi connectivity index (χ3v) is 13.4. The fraction of sp³-hybridized carbons (Fsp3) is 0.189. The van der Waals surface area contributed by atoms with Gasteiger partial charge in [-0.3, -0.25) is 4.98 Å². The Morgan fingerprint density at radius 1 is 0.455 bits per heavy atom. The number of hydrogen-bond acceptors (Lipinski definition) is 13. The molecule has 66 heavy (non-hydrogen) atoms. The van der Waals surface area contributed by atoms with Crippen molar-refractivity contribution in [1.82, 2.24) is 34.9 Å². The Morgan fingerprint density at radius 3 is 1.35 bits per heavy atom. The number of fused-ring (bicyclic) bond motifs is 2. The number of anilines is 6. The summed E-state index contributed by atoms with van der Waals surface area (Å²) in [5.74, 6) is 1.96. The van der Waals surface area contributed by atoms with Crippen molar-refractivity contribution in [3.8, 4) is 22.4 Å². The van der Waals surface area contributed by atoms with Crippen molar-refractivity contribution in [1.29, 1.82) is 0 Å². The summed E-state index contributed by atoms with van der Waals surface area (Å²) in [5, 5.41) is 9.05. The Morgan fingerprint density at radius 2 is 0.909 bits per heavy atom. The summed E-state index contributed by atoms with van der Waals surface area (Å²) in [6, 6.07) is 42.5. The van der Waals surface area contributed by atoms with Gasteiger partial charge < -0.3 is 20.4 Å². The molecule has 13 heteroatoms. The third kappa shape index (κ3) is 9.77. The molecule has 0 unspecified atom stereocenters. The Labute approximate surface area is 394 Å². The van der Waals surface area contributed by atoms with E-state index < -0.39 is 0 Å². The monoisotopic (exact) mass is 905 g/mol. The van der Waals surface area contributed by atoms with Crippen LogP contribution in [0.4, 0.5) is 34.4 Å². The molecule has 9 rings (SSSR count). The Balaban J connectivity index is 1.05. The highest BCUT2D eigenvalue weighted by molar-refractivity contribution is 7.99. The van der Waals surface area contributed by atoms with Gasteiger partial charge in [-0.1, -0.05) is 69.4 Å². The topological polar surface area (TPSA) is 121 Å². The summed E-state index contributed by atoms with van der Waals surface area (Å²) < 4.78 is 0. The predicted molar refractivity (Wildman–Crippen MR) is 274 cm³/mol. The Kier molecular flexibility index (Phi) is 12.8. The van der Waals surface area contributed by atoms with Gasteiger partial charge in [-0.25, -0.2) is 29.9 Å². The van der Waals surface area contributed by atoms with Crippen molar-refractivity contribution in [2.24, 2.45) is 0 Å². The molecule has 0 aliphatic carbocycles. The van der Waals surface area contributed by atoms with Crippen LogP contribution in [0.3, 0.4) is 0 Å². The molecule has 5 aromatic heterocycles. The molecule has 0 atom stereocenters. The van der Waals surface area contributed by atoms with Crippen LogP contribution in [-0.4, -0.2) is 63.1 Å². The maximum Gasteiger partial charge on any atom is 0.164 e. The Bertz CT molecular complexity index is 2940. The first-order valence-corrected chi connectivity index (χ1v) is 23.5. The quantitative estimate of drug-likeness (QED) is 0.108. The maximum absolute atomic E-state index is 5.05. The van der Waals surface area contributed by atoms with Crippen LogP contribution < -0.4 is 20.4 Å². The molecule has 5 heterocycles. The first kappa shape index (κ1) is 44.1. The van der Waals surface area contributed by atoms with E-state index in [1.807, 2.05) is 6.20 Å². The zero-order valence-electron chi connectivity index (χ0n) is 38.3. The molecule has 9 aromatic rings. The molecule has 0 bridgehead atoms. The van der Waals surface area contributed by atoms with E-state index in [4.69, 9.17) is 19.9 Å². The third-order valence-electron chi connectivity index (χ3n) is 11.2.